The Morgan fingerprint density at radius 3 is 2.73 bits per heavy atom. The van der Waals surface area contributed by atoms with Crippen molar-refractivity contribution < 1.29 is 9.47 Å². The Kier molecular flexibility index (Phi) is 6.33. The van der Waals surface area contributed by atoms with Crippen molar-refractivity contribution in [2.45, 2.75) is 39.0 Å². The molecule has 0 amide bonds. The predicted octanol–water partition coefficient (Wildman–Crippen LogP) is 4.81. The van der Waals surface area contributed by atoms with Crippen LogP contribution in [0.15, 0.2) is 47.3 Å². The van der Waals surface area contributed by atoms with Crippen LogP contribution in [0.25, 0.3) is 22.1 Å². The molecule has 0 saturated carbocycles. The summed E-state index contributed by atoms with van der Waals surface area (Å²) in [6.45, 7) is 2.90. The number of nitrogens with zero attached hydrogens (tertiary/aromatic N) is 2. The first-order valence-corrected chi connectivity index (χ1v) is 11.3. The lowest BCUT2D eigenvalue weighted by Gasteiger charge is -2.11. The van der Waals surface area contributed by atoms with Crippen LogP contribution in [-0.2, 0) is 0 Å². The Labute approximate surface area is 179 Å². The number of ether oxygens (including phenoxy) is 2. The second-order valence-electron chi connectivity index (χ2n) is 7.31. The van der Waals surface area contributed by atoms with Crippen molar-refractivity contribution >= 4 is 33.4 Å². The van der Waals surface area contributed by atoms with Gasteiger partial charge in [-0.1, -0.05) is 62.1 Å². The first-order valence-electron chi connectivity index (χ1n) is 10.4. The van der Waals surface area contributed by atoms with Gasteiger partial charge in [0.15, 0.2) is 16.5 Å². The molecule has 0 saturated heterocycles. The number of unbranched alkanes of at least 4 members (excludes halogenated alkanes) is 4. The molecule has 4 aromatic rings. The SMILES string of the molecule is CCCCCCCOc1ccc(/C=c2\sc3nc4ccccc4n3c2=O)cc1OC. The zero-order chi connectivity index (χ0) is 20.9. The fourth-order valence-corrected chi connectivity index (χ4v) is 4.53. The van der Waals surface area contributed by atoms with Crippen molar-refractivity contribution in [2.24, 2.45) is 0 Å². The molecule has 0 aliphatic rings. The highest BCUT2D eigenvalue weighted by Crippen LogP contribution is 2.28. The maximum Gasteiger partial charge on any atom is 0.274 e. The van der Waals surface area contributed by atoms with Gasteiger partial charge in [-0.25, -0.2) is 9.38 Å². The highest BCUT2D eigenvalue weighted by molar-refractivity contribution is 7.15. The number of methoxy groups -OCH3 is 1. The minimum absolute atomic E-state index is 0.0462. The highest BCUT2D eigenvalue weighted by Gasteiger charge is 2.11. The first kappa shape index (κ1) is 20.4. The molecule has 30 heavy (non-hydrogen) atoms. The maximum absolute atomic E-state index is 12.9. The predicted molar refractivity (Wildman–Crippen MR) is 123 cm³/mol. The van der Waals surface area contributed by atoms with E-state index in [4.69, 9.17) is 9.47 Å². The minimum atomic E-state index is -0.0462. The summed E-state index contributed by atoms with van der Waals surface area (Å²) in [5, 5.41) is 0. The molecule has 0 spiro atoms. The van der Waals surface area contributed by atoms with Gasteiger partial charge in [0.05, 0.1) is 29.3 Å². The second kappa shape index (κ2) is 9.30. The average Bonchev–Trinajstić information content (AvgIpc) is 3.27. The average molecular weight is 423 g/mol. The minimum Gasteiger partial charge on any atom is -0.493 e. The zero-order valence-corrected chi connectivity index (χ0v) is 18.2. The van der Waals surface area contributed by atoms with Gasteiger partial charge in [-0.15, -0.1) is 0 Å². The van der Waals surface area contributed by atoms with E-state index in [1.165, 1.54) is 37.0 Å². The maximum atomic E-state index is 12.9. The summed E-state index contributed by atoms with van der Waals surface area (Å²) < 4.78 is 13.8. The Balaban J connectivity index is 1.56. The molecule has 4 rings (SSSR count). The van der Waals surface area contributed by atoms with E-state index in [0.717, 1.165) is 28.8 Å². The topological polar surface area (TPSA) is 52.8 Å². The molecule has 6 heteroatoms. The van der Waals surface area contributed by atoms with E-state index in [9.17, 15) is 4.79 Å². The molecule has 5 nitrogen and oxygen atoms in total. The summed E-state index contributed by atoms with van der Waals surface area (Å²) in [5.41, 5.74) is 2.53. The summed E-state index contributed by atoms with van der Waals surface area (Å²) in [5.74, 6) is 1.41. The Morgan fingerprint density at radius 2 is 1.90 bits per heavy atom. The molecule has 2 aromatic carbocycles. The zero-order valence-electron chi connectivity index (χ0n) is 17.4. The smallest absolute Gasteiger partial charge is 0.274 e. The lowest BCUT2D eigenvalue weighted by molar-refractivity contribution is 0.285. The number of rotatable bonds is 9. The number of fused-ring (bicyclic) bond motifs is 3. The molecule has 0 radical (unpaired) electrons. The van der Waals surface area contributed by atoms with Crippen molar-refractivity contribution in [3.05, 3.63) is 62.9 Å². The molecule has 2 heterocycles. The van der Waals surface area contributed by atoms with Crippen LogP contribution in [0.1, 0.15) is 44.6 Å². The van der Waals surface area contributed by atoms with Crippen LogP contribution in [0.5, 0.6) is 11.5 Å². The highest BCUT2D eigenvalue weighted by atomic mass is 32.1. The third-order valence-corrected chi connectivity index (χ3v) is 6.10. The summed E-state index contributed by atoms with van der Waals surface area (Å²) in [4.78, 5) is 18.2. The molecule has 0 bridgehead atoms. The van der Waals surface area contributed by atoms with Gasteiger partial charge in [0, 0.05) is 0 Å². The van der Waals surface area contributed by atoms with Crippen LogP contribution in [-0.4, -0.2) is 23.1 Å². The number of aromatic nitrogens is 2. The van der Waals surface area contributed by atoms with Crippen LogP contribution in [0.3, 0.4) is 0 Å². The van der Waals surface area contributed by atoms with E-state index in [1.54, 1.807) is 11.5 Å². The van der Waals surface area contributed by atoms with E-state index in [1.807, 2.05) is 48.5 Å². The van der Waals surface area contributed by atoms with E-state index in [0.29, 0.717) is 21.8 Å². The molecule has 0 N–H and O–H groups in total. The molecule has 2 aromatic heterocycles. The van der Waals surface area contributed by atoms with Crippen molar-refractivity contribution in [1.82, 2.24) is 9.38 Å². The molecular formula is C24H26N2O3S. The molecule has 156 valence electrons. The summed E-state index contributed by atoms with van der Waals surface area (Å²) >= 11 is 1.40. The normalized spacial score (nSPS) is 12.1. The molecule has 0 fully saturated rings. The largest absolute Gasteiger partial charge is 0.493 e. The van der Waals surface area contributed by atoms with Crippen LogP contribution in [0.2, 0.25) is 0 Å². The number of thiazole rings is 1. The Hall–Kier alpha value is -2.86. The summed E-state index contributed by atoms with van der Waals surface area (Å²) in [7, 11) is 1.64. The van der Waals surface area contributed by atoms with E-state index in [-0.39, 0.29) is 5.56 Å². The molecule has 0 aliphatic heterocycles. The van der Waals surface area contributed by atoms with E-state index < -0.39 is 0 Å². The quantitative estimate of drug-likeness (QED) is 0.363. The lowest BCUT2D eigenvalue weighted by Crippen LogP contribution is -2.22. The third-order valence-electron chi connectivity index (χ3n) is 5.14. The van der Waals surface area contributed by atoms with Crippen molar-refractivity contribution in [3.63, 3.8) is 0 Å². The van der Waals surface area contributed by atoms with Gasteiger partial charge in [0.1, 0.15) is 0 Å². The number of imidazole rings is 1. The standard InChI is InChI=1S/C24H26N2O3S/c1-3-4-5-6-9-14-29-20-13-12-17(15-21(20)28-2)16-22-23(27)26-19-11-8-7-10-18(19)25-24(26)30-22/h7-8,10-13,15-16H,3-6,9,14H2,1-2H3/b22-16-. The van der Waals surface area contributed by atoms with Gasteiger partial charge in [-0.2, -0.15) is 0 Å². The third kappa shape index (κ3) is 4.19. The van der Waals surface area contributed by atoms with E-state index in [2.05, 4.69) is 11.9 Å². The fraction of sp³-hybridized carbons (Fsp3) is 0.333. The van der Waals surface area contributed by atoms with Crippen LogP contribution in [0.4, 0.5) is 0 Å². The second-order valence-corrected chi connectivity index (χ2v) is 8.32. The summed E-state index contributed by atoms with van der Waals surface area (Å²) in [6, 6.07) is 13.5. The number of para-hydroxylation sites is 2. The van der Waals surface area contributed by atoms with Crippen molar-refractivity contribution in [2.75, 3.05) is 13.7 Å². The molecule has 0 aliphatic carbocycles. The van der Waals surface area contributed by atoms with E-state index >= 15 is 0 Å². The number of hydrogen-bond acceptors (Lipinski definition) is 5. The Morgan fingerprint density at radius 1 is 1.07 bits per heavy atom. The van der Waals surface area contributed by atoms with Gasteiger partial charge in [0.25, 0.3) is 5.56 Å². The first-order chi connectivity index (χ1) is 14.7. The van der Waals surface area contributed by atoms with Gasteiger partial charge in [0.2, 0.25) is 0 Å². The molecule has 0 unspecified atom stereocenters. The lowest BCUT2D eigenvalue weighted by atomic mass is 10.1. The van der Waals surface area contributed by atoms with Gasteiger partial charge < -0.3 is 9.47 Å². The number of benzene rings is 2. The molecular weight excluding hydrogens is 396 g/mol. The Bertz CT molecular complexity index is 1260. The number of hydrogen-bond donors (Lipinski definition) is 0. The van der Waals surface area contributed by atoms with Gasteiger partial charge >= 0.3 is 0 Å². The van der Waals surface area contributed by atoms with Crippen LogP contribution in [0, 0.1) is 0 Å². The monoisotopic (exact) mass is 422 g/mol. The van der Waals surface area contributed by atoms with Gasteiger partial charge in [-0.05, 0) is 42.3 Å². The van der Waals surface area contributed by atoms with Gasteiger partial charge in [-0.3, -0.25) is 4.79 Å². The van der Waals surface area contributed by atoms with Crippen LogP contribution < -0.4 is 19.6 Å². The van der Waals surface area contributed by atoms with Crippen molar-refractivity contribution in [3.8, 4) is 11.5 Å². The molecule has 0 atom stereocenters. The fourth-order valence-electron chi connectivity index (χ4n) is 3.54. The summed E-state index contributed by atoms with van der Waals surface area (Å²) in [6.07, 6.45) is 7.88. The van der Waals surface area contributed by atoms with Crippen molar-refractivity contribution in [1.29, 1.82) is 0 Å². The van der Waals surface area contributed by atoms with Crippen LogP contribution >= 0.6 is 11.3 Å².